The van der Waals surface area contributed by atoms with Gasteiger partial charge in [-0.2, -0.15) is 0 Å². The Hall–Kier alpha value is -7.94. The van der Waals surface area contributed by atoms with E-state index in [4.69, 9.17) is 8.83 Å². The number of rotatable bonds is 3. The lowest BCUT2D eigenvalue weighted by Crippen LogP contribution is -2.15. The second kappa shape index (κ2) is 12.6. The van der Waals surface area contributed by atoms with Crippen LogP contribution < -0.4 is 0 Å². The van der Waals surface area contributed by atoms with Crippen LogP contribution in [0, 0.1) is 0 Å². The second-order valence-corrected chi connectivity index (χ2v) is 17.9. The molecule has 14 rings (SSSR count). The summed E-state index contributed by atoms with van der Waals surface area (Å²) >= 11 is 0. The molecule has 1 aliphatic carbocycles. The third-order valence-corrected chi connectivity index (χ3v) is 14.2. The lowest BCUT2D eigenvalue weighted by atomic mass is 9.80. The molecule has 0 saturated heterocycles. The fraction of sp³-hybridized carbons (Fsp3) is 0.0492. The zero-order valence-corrected chi connectivity index (χ0v) is 34.8. The van der Waals surface area contributed by atoms with E-state index in [1.165, 1.54) is 93.2 Å². The summed E-state index contributed by atoms with van der Waals surface area (Å²) in [5.74, 6) is 0. The number of hydrogen-bond donors (Lipinski definition) is 0. The van der Waals surface area contributed by atoms with Gasteiger partial charge < -0.3 is 8.83 Å². The predicted molar refractivity (Wildman–Crippen MR) is 265 cm³/mol. The highest BCUT2D eigenvalue weighted by atomic mass is 16.4. The number of hydrogen-bond acceptors (Lipinski definition) is 2. The Morgan fingerprint density at radius 1 is 0.302 bits per heavy atom. The third kappa shape index (κ3) is 4.84. The third-order valence-electron chi connectivity index (χ3n) is 14.2. The molecule has 2 heteroatoms. The minimum atomic E-state index is -0.180. The van der Waals surface area contributed by atoms with E-state index in [0.717, 1.165) is 49.4 Å². The van der Waals surface area contributed by atoms with Gasteiger partial charge in [0.2, 0.25) is 0 Å². The van der Waals surface area contributed by atoms with E-state index in [-0.39, 0.29) is 5.41 Å². The minimum absolute atomic E-state index is 0.180. The zero-order chi connectivity index (χ0) is 41.6. The predicted octanol–water partition coefficient (Wildman–Crippen LogP) is 17.4. The molecule has 294 valence electrons. The quantitative estimate of drug-likeness (QED) is 0.166. The van der Waals surface area contributed by atoms with Gasteiger partial charge >= 0.3 is 0 Å². The van der Waals surface area contributed by atoms with Crippen LogP contribution in [0.1, 0.15) is 25.0 Å². The van der Waals surface area contributed by atoms with Crippen LogP contribution in [0.15, 0.2) is 203 Å². The van der Waals surface area contributed by atoms with Crippen LogP contribution >= 0.6 is 0 Å². The molecule has 0 radical (unpaired) electrons. The van der Waals surface area contributed by atoms with E-state index in [0.29, 0.717) is 0 Å². The molecule has 0 aliphatic heterocycles. The molecule has 0 unspecified atom stereocenters. The molecule has 13 aromatic rings. The maximum atomic E-state index is 6.71. The Labute approximate surface area is 363 Å². The van der Waals surface area contributed by atoms with Gasteiger partial charge in [0.1, 0.15) is 11.2 Å². The van der Waals surface area contributed by atoms with Gasteiger partial charge in [0.25, 0.3) is 0 Å². The normalized spacial score (nSPS) is 13.4. The average Bonchev–Trinajstić information content (AvgIpc) is 3.96. The van der Waals surface area contributed by atoms with Crippen molar-refractivity contribution in [3.8, 4) is 44.5 Å². The summed E-state index contributed by atoms with van der Waals surface area (Å²) < 4.78 is 13.3. The molecule has 2 nitrogen and oxygen atoms in total. The standard InChI is InChI=1S/C61H38O2/c1-61(2)53-29-24-38(39-22-26-43-49-27-28-50-52-31-36-13-3-4-14-37(36)33-56(52)63-60(50)59(49)62-55(43)34-39)30-51(53)42-25-23-40(32-54(42)61)57-45-17-7-9-19-47(45)58(48-20-10-8-18-46(48)57)44-21-11-15-35-12-5-6-16-41(35)44/h3-34H,1-2H3. The first kappa shape index (κ1) is 34.7. The summed E-state index contributed by atoms with van der Waals surface area (Å²) in [4.78, 5) is 0. The highest BCUT2D eigenvalue weighted by Crippen LogP contribution is 2.53. The lowest BCUT2D eigenvalue weighted by Gasteiger charge is -2.23. The molecule has 0 saturated carbocycles. The molecule has 0 amide bonds. The Balaban J connectivity index is 0.894. The SMILES string of the molecule is CC1(C)c2ccc(-c3ccc4c(c3)oc3c4ccc4c5cc6ccccc6cc5oc43)cc2-c2ccc(-c3c4ccccc4c(-c4cccc5ccccc45)c4ccccc34)cc21. The maximum Gasteiger partial charge on any atom is 0.178 e. The fourth-order valence-corrected chi connectivity index (χ4v) is 11.2. The van der Waals surface area contributed by atoms with Gasteiger partial charge in [-0.25, -0.2) is 0 Å². The average molecular weight is 803 g/mol. The largest absolute Gasteiger partial charge is 0.452 e. The van der Waals surface area contributed by atoms with Crippen molar-refractivity contribution < 1.29 is 8.83 Å². The van der Waals surface area contributed by atoms with Gasteiger partial charge in [-0.1, -0.05) is 159 Å². The van der Waals surface area contributed by atoms with E-state index in [1.54, 1.807) is 0 Å². The highest BCUT2D eigenvalue weighted by molar-refractivity contribution is 6.24. The number of furan rings is 2. The van der Waals surface area contributed by atoms with Gasteiger partial charge in [0.15, 0.2) is 11.2 Å². The fourth-order valence-electron chi connectivity index (χ4n) is 11.2. The van der Waals surface area contributed by atoms with Crippen LogP contribution in [-0.4, -0.2) is 0 Å². The van der Waals surface area contributed by atoms with Crippen molar-refractivity contribution in [2.75, 3.05) is 0 Å². The van der Waals surface area contributed by atoms with Crippen molar-refractivity contribution in [1.29, 1.82) is 0 Å². The Kier molecular flexibility index (Phi) is 6.93. The maximum absolute atomic E-state index is 6.71. The van der Waals surface area contributed by atoms with E-state index in [1.807, 2.05) is 0 Å². The molecule has 0 atom stereocenters. The van der Waals surface area contributed by atoms with Crippen LogP contribution in [0.2, 0.25) is 0 Å². The molecule has 11 aromatic carbocycles. The Bertz CT molecular complexity index is 4060. The first-order chi connectivity index (χ1) is 31.0. The van der Waals surface area contributed by atoms with Gasteiger partial charge in [-0.3, -0.25) is 0 Å². The number of benzene rings is 11. The van der Waals surface area contributed by atoms with Crippen LogP contribution in [0.4, 0.5) is 0 Å². The van der Waals surface area contributed by atoms with E-state index >= 15 is 0 Å². The summed E-state index contributed by atoms with van der Waals surface area (Å²) in [6, 6.07) is 71.4. The van der Waals surface area contributed by atoms with Gasteiger partial charge in [0.05, 0.1) is 0 Å². The second-order valence-electron chi connectivity index (χ2n) is 17.9. The van der Waals surface area contributed by atoms with Crippen LogP contribution in [0.3, 0.4) is 0 Å². The molecular weight excluding hydrogens is 765 g/mol. The molecule has 0 fully saturated rings. The molecular formula is C61H38O2. The highest BCUT2D eigenvalue weighted by Gasteiger charge is 2.36. The van der Waals surface area contributed by atoms with Crippen LogP contribution in [-0.2, 0) is 5.41 Å². The molecule has 1 aliphatic rings. The molecule has 0 bridgehead atoms. The van der Waals surface area contributed by atoms with Crippen molar-refractivity contribution in [3.63, 3.8) is 0 Å². The summed E-state index contributed by atoms with van der Waals surface area (Å²) in [7, 11) is 0. The zero-order valence-electron chi connectivity index (χ0n) is 34.8. The Morgan fingerprint density at radius 2 is 0.841 bits per heavy atom. The first-order valence-corrected chi connectivity index (χ1v) is 21.9. The minimum Gasteiger partial charge on any atom is -0.452 e. The topological polar surface area (TPSA) is 26.3 Å². The van der Waals surface area contributed by atoms with Crippen molar-refractivity contribution >= 4 is 87.0 Å². The van der Waals surface area contributed by atoms with E-state index < -0.39 is 0 Å². The smallest absolute Gasteiger partial charge is 0.178 e. The first-order valence-electron chi connectivity index (χ1n) is 21.9. The number of fused-ring (bicyclic) bond motifs is 14. The van der Waals surface area contributed by atoms with Gasteiger partial charge in [0, 0.05) is 27.0 Å². The van der Waals surface area contributed by atoms with Gasteiger partial charge in [-0.15, -0.1) is 0 Å². The van der Waals surface area contributed by atoms with E-state index in [9.17, 15) is 0 Å². The van der Waals surface area contributed by atoms with Crippen molar-refractivity contribution in [3.05, 3.63) is 205 Å². The summed E-state index contributed by atoms with van der Waals surface area (Å²) in [6.07, 6.45) is 0. The Morgan fingerprint density at radius 3 is 1.57 bits per heavy atom. The molecule has 0 spiro atoms. The van der Waals surface area contributed by atoms with Crippen molar-refractivity contribution in [1.82, 2.24) is 0 Å². The molecule has 0 N–H and O–H groups in total. The molecule has 63 heavy (non-hydrogen) atoms. The van der Waals surface area contributed by atoms with Gasteiger partial charge in [-0.05, 0) is 147 Å². The summed E-state index contributed by atoms with van der Waals surface area (Å²) in [6.45, 7) is 4.76. The summed E-state index contributed by atoms with van der Waals surface area (Å²) in [5, 5.41) is 14.3. The monoisotopic (exact) mass is 802 g/mol. The summed E-state index contributed by atoms with van der Waals surface area (Å²) in [5.41, 5.74) is 15.8. The van der Waals surface area contributed by atoms with Crippen LogP contribution in [0.25, 0.3) is 131 Å². The van der Waals surface area contributed by atoms with Crippen molar-refractivity contribution in [2.45, 2.75) is 19.3 Å². The molecule has 2 heterocycles. The van der Waals surface area contributed by atoms with E-state index in [2.05, 4.69) is 208 Å². The lowest BCUT2D eigenvalue weighted by molar-refractivity contribution is 0.633. The van der Waals surface area contributed by atoms with Crippen LogP contribution in [0.5, 0.6) is 0 Å². The van der Waals surface area contributed by atoms with Crippen molar-refractivity contribution in [2.24, 2.45) is 0 Å². The molecule has 2 aromatic heterocycles.